The van der Waals surface area contributed by atoms with Crippen LogP contribution in [0.3, 0.4) is 0 Å². The Kier molecular flexibility index (Phi) is 4.61. The summed E-state index contributed by atoms with van der Waals surface area (Å²) in [5.74, 6) is -1.37. The van der Waals surface area contributed by atoms with Crippen LogP contribution in [0.5, 0.6) is 0 Å². The van der Waals surface area contributed by atoms with Gasteiger partial charge in [0.1, 0.15) is 17.1 Å². The fraction of sp³-hybridized carbons (Fsp3) is 0.105. The van der Waals surface area contributed by atoms with Gasteiger partial charge in [-0.2, -0.15) is 10.1 Å². The van der Waals surface area contributed by atoms with Gasteiger partial charge in [0.2, 0.25) is 0 Å². The number of benzene rings is 2. The lowest BCUT2D eigenvalue weighted by Gasteiger charge is -2.34. The summed E-state index contributed by atoms with van der Waals surface area (Å²) in [5.41, 5.74) is 1.28. The molecular weight excluding hydrogens is 381 g/mol. The second kappa shape index (κ2) is 7.24. The molecule has 0 saturated carbocycles. The molecule has 2 heterocycles. The number of urea groups is 1. The van der Waals surface area contributed by atoms with Crippen LogP contribution in [0.15, 0.2) is 48.5 Å². The zero-order valence-corrected chi connectivity index (χ0v) is 15.2. The van der Waals surface area contributed by atoms with Crippen LogP contribution < -0.4 is 15.5 Å². The minimum absolute atomic E-state index is 0.0768. The van der Waals surface area contributed by atoms with Gasteiger partial charge in [-0.15, -0.1) is 5.17 Å². The van der Waals surface area contributed by atoms with E-state index in [0.29, 0.717) is 16.4 Å². The number of nitrogens with zero attached hydrogens (tertiary/aromatic N) is 3. The summed E-state index contributed by atoms with van der Waals surface area (Å²) in [4.78, 5) is 25.3. The van der Waals surface area contributed by atoms with Crippen molar-refractivity contribution in [2.45, 2.75) is 6.92 Å². The van der Waals surface area contributed by atoms with Gasteiger partial charge >= 0.3 is 12.0 Å². The van der Waals surface area contributed by atoms with Crippen molar-refractivity contribution in [2.24, 2.45) is 0 Å². The van der Waals surface area contributed by atoms with Crippen molar-refractivity contribution in [3.63, 3.8) is 0 Å². The number of H-pyrrole nitrogens is 1. The molecule has 4 rings (SSSR count). The highest BCUT2D eigenvalue weighted by atomic mass is 19.1. The standard InChI is InChI=1S/C19H16FN5O4/c1-2-29-18(26)15-16(11-7-9-12(20)10-8-11)22-23-17(15)24-19(27)21-13-5-3-4-6-14(13)25(24)28/h3-10,28H,2H2,1H3,(H,21,27)(H,22,23). The molecule has 1 aliphatic rings. The van der Waals surface area contributed by atoms with Gasteiger partial charge in [0.05, 0.1) is 18.0 Å². The van der Waals surface area contributed by atoms with Crippen LogP contribution >= 0.6 is 0 Å². The Bertz CT molecular complexity index is 1080. The number of para-hydroxylation sites is 2. The number of rotatable bonds is 4. The quantitative estimate of drug-likeness (QED) is 0.581. The van der Waals surface area contributed by atoms with Crippen LogP contribution in [0, 0.1) is 5.82 Å². The first-order valence-corrected chi connectivity index (χ1v) is 8.71. The number of halogens is 1. The summed E-state index contributed by atoms with van der Waals surface area (Å²) in [7, 11) is 0. The molecule has 3 aromatic rings. The van der Waals surface area contributed by atoms with Gasteiger partial charge in [-0.25, -0.2) is 14.0 Å². The van der Waals surface area contributed by atoms with E-state index >= 15 is 0 Å². The Balaban J connectivity index is 1.84. The number of nitrogens with one attached hydrogen (secondary N) is 2. The molecule has 0 aliphatic carbocycles. The molecule has 2 amide bonds. The molecule has 1 aliphatic heterocycles. The van der Waals surface area contributed by atoms with Gasteiger partial charge in [-0.05, 0) is 43.3 Å². The minimum Gasteiger partial charge on any atom is -0.462 e. The fourth-order valence-electron chi connectivity index (χ4n) is 3.01. The van der Waals surface area contributed by atoms with Crippen molar-refractivity contribution < 1.29 is 23.9 Å². The summed E-state index contributed by atoms with van der Waals surface area (Å²) >= 11 is 0. The number of amides is 2. The number of carbonyl (C=O) groups excluding carboxylic acids is 2. The van der Waals surface area contributed by atoms with E-state index in [-0.39, 0.29) is 29.4 Å². The van der Waals surface area contributed by atoms with Gasteiger partial charge in [0, 0.05) is 5.56 Å². The zero-order valence-electron chi connectivity index (χ0n) is 15.2. The molecule has 2 aromatic carbocycles. The maximum atomic E-state index is 13.3. The third-order valence-electron chi connectivity index (χ3n) is 4.30. The van der Waals surface area contributed by atoms with Gasteiger partial charge in [-0.3, -0.25) is 10.3 Å². The molecule has 10 heteroatoms. The molecule has 148 valence electrons. The first-order chi connectivity index (χ1) is 14.0. The van der Waals surface area contributed by atoms with Crippen LogP contribution in [-0.2, 0) is 4.74 Å². The normalized spacial score (nSPS) is 13.1. The summed E-state index contributed by atoms with van der Waals surface area (Å²) < 4.78 is 18.4. The average molecular weight is 397 g/mol. The van der Waals surface area contributed by atoms with Crippen molar-refractivity contribution in [1.29, 1.82) is 0 Å². The van der Waals surface area contributed by atoms with Gasteiger partial charge < -0.3 is 10.1 Å². The van der Waals surface area contributed by atoms with Crippen molar-refractivity contribution in [1.82, 2.24) is 10.2 Å². The monoisotopic (exact) mass is 397 g/mol. The number of hydrogen-bond acceptors (Lipinski definition) is 6. The lowest BCUT2D eigenvalue weighted by molar-refractivity contribution is 0.0528. The number of aromatic amines is 1. The van der Waals surface area contributed by atoms with Crippen molar-refractivity contribution in [3.05, 3.63) is 59.9 Å². The van der Waals surface area contributed by atoms with Crippen molar-refractivity contribution in [3.8, 4) is 11.3 Å². The molecule has 0 spiro atoms. The van der Waals surface area contributed by atoms with Crippen LogP contribution in [0.25, 0.3) is 11.3 Å². The molecular formula is C19H16FN5O4. The summed E-state index contributed by atoms with van der Waals surface area (Å²) in [6.45, 7) is 1.72. The molecule has 29 heavy (non-hydrogen) atoms. The van der Waals surface area contributed by atoms with Crippen molar-refractivity contribution >= 4 is 29.2 Å². The minimum atomic E-state index is -0.754. The van der Waals surface area contributed by atoms with Gasteiger partial charge in [0.15, 0.2) is 5.82 Å². The highest BCUT2D eigenvalue weighted by molar-refractivity contribution is 6.12. The van der Waals surface area contributed by atoms with Crippen LogP contribution in [-0.4, -0.2) is 34.0 Å². The maximum absolute atomic E-state index is 13.3. The Morgan fingerprint density at radius 1 is 1.21 bits per heavy atom. The molecule has 0 radical (unpaired) electrons. The predicted octanol–water partition coefficient (Wildman–Crippen LogP) is 3.56. The highest BCUT2D eigenvalue weighted by Crippen LogP contribution is 2.36. The van der Waals surface area contributed by atoms with E-state index in [0.717, 1.165) is 5.01 Å². The van der Waals surface area contributed by atoms with Crippen LogP contribution in [0.1, 0.15) is 17.3 Å². The molecule has 0 fully saturated rings. The zero-order chi connectivity index (χ0) is 20.5. The summed E-state index contributed by atoms with van der Waals surface area (Å²) in [6, 6.07) is 11.2. The number of fused-ring (bicyclic) bond motifs is 1. The van der Waals surface area contributed by atoms with Crippen LogP contribution in [0.4, 0.5) is 26.4 Å². The Morgan fingerprint density at radius 3 is 2.66 bits per heavy atom. The Labute approximate surface area is 164 Å². The lowest BCUT2D eigenvalue weighted by atomic mass is 10.1. The number of hydrazine groups is 1. The predicted molar refractivity (Wildman–Crippen MR) is 102 cm³/mol. The summed E-state index contributed by atoms with van der Waals surface area (Å²) in [5, 5.41) is 21.4. The number of carbonyl (C=O) groups is 2. The SMILES string of the molecule is CCOC(=O)c1c(N2C(=O)Nc3ccccc3N2O)n[nH]c1-c1ccc(F)cc1. The molecule has 0 saturated heterocycles. The Morgan fingerprint density at radius 2 is 1.93 bits per heavy atom. The number of ether oxygens (including phenoxy) is 1. The first kappa shape index (κ1) is 18.4. The maximum Gasteiger partial charge on any atom is 0.348 e. The largest absolute Gasteiger partial charge is 0.462 e. The molecule has 0 atom stereocenters. The average Bonchev–Trinajstić information content (AvgIpc) is 3.13. The van der Waals surface area contributed by atoms with E-state index in [1.807, 2.05) is 0 Å². The molecule has 0 bridgehead atoms. The van der Waals surface area contributed by atoms with E-state index < -0.39 is 17.8 Å². The Hall–Kier alpha value is -3.92. The van der Waals surface area contributed by atoms with E-state index in [9.17, 15) is 19.2 Å². The second-order valence-corrected chi connectivity index (χ2v) is 6.07. The van der Waals surface area contributed by atoms with E-state index in [1.54, 1.807) is 31.2 Å². The third kappa shape index (κ3) is 3.15. The first-order valence-electron chi connectivity index (χ1n) is 8.71. The molecule has 3 N–H and O–H groups in total. The molecule has 1 aromatic heterocycles. The van der Waals surface area contributed by atoms with Gasteiger partial charge in [0.25, 0.3) is 0 Å². The number of aromatic nitrogens is 2. The third-order valence-corrected chi connectivity index (χ3v) is 4.30. The highest BCUT2D eigenvalue weighted by Gasteiger charge is 2.37. The smallest absolute Gasteiger partial charge is 0.348 e. The summed E-state index contributed by atoms with van der Waals surface area (Å²) in [6.07, 6.45) is 0. The lowest BCUT2D eigenvalue weighted by Crippen LogP contribution is -2.51. The number of anilines is 3. The second-order valence-electron chi connectivity index (χ2n) is 6.07. The van der Waals surface area contributed by atoms with E-state index in [2.05, 4.69) is 15.5 Å². The van der Waals surface area contributed by atoms with Crippen LogP contribution in [0.2, 0.25) is 0 Å². The fourth-order valence-corrected chi connectivity index (χ4v) is 3.01. The van der Waals surface area contributed by atoms with E-state index in [4.69, 9.17) is 4.74 Å². The molecule has 9 nitrogen and oxygen atoms in total. The number of esters is 1. The molecule has 0 unspecified atom stereocenters. The number of hydrogen-bond donors (Lipinski definition) is 3. The topological polar surface area (TPSA) is 111 Å². The van der Waals surface area contributed by atoms with Crippen molar-refractivity contribution in [2.75, 3.05) is 22.1 Å². The van der Waals surface area contributed by atoms with Gasteiger partial charge in [-0.1, -0.05) is 12.1 Å². The van der Waals surface area contributed by atoms with E-state index in [1.165, 1.54) is 24.3 Å².